The Hall–Kier alpha value is -3.86. The maximum Gasteiger partial charge on any atom is 0.270 e. The lowest BCUT2D eigenvalue weighted by Crippen LogP contribution is -2.49. The molecule has 2 atom stereocenters. The number of likely N-dealkylation sites (N-methyl/N-ethyl adjacent to an activating group) is 1. The highest BCUT2D eigenvalue weighted by Gasteiger charge is 2.27. The van der Waals surface area contributed by atoms with Crippen molar-refractivity contribution in [1.82, 2.24) is 14.8 Å². The number of hydrogen-bond acceptors (Lipinski definition) is 7. The Kier molecular flexibility index (Phi) is 9.89. The van der Waals surface area contributed by atoms with E-state index < -0.39 is 5.91 Å². The number of nitrogens with one attached hydrogen (secondary N) is 2. The van der Waals surface area contributed by atoms with Crippen LogP contribution in [-0.4, -0.2) is 53.5 Å². The van der Waals surface area contributed by atoms with E-state index in [1.54, 1.807) is 25.1 Å². The van der Waals surface area contributed by atoms with Crippen LogP contribution >= 0.6 is 11.3 Å². The van der Waals surface area contributed by atoms with Crippen LogP contribution in [0.5, 0.6) is 0 Å². The van der Waals surface area contributed by atoms with Crippen molar-refractivity contribution in [1.29, 1.82) is 5.26 Å². The maximum absolute atomic E-state index is 13.1. The van der Waals surface area contributed by atoms with Crippen LogP contribution < -0.4 is 30.3 Å². The zero-order chi connectivity index (χ0) is 27.8. The number of anilines is 2. The third-order valence-electron chi connectivity index (χ3n) is 6.80. The van der Waals surface area contributed by atoms with E-state index in [1.807, 2.05) is 30.3 Å². The summed E-state index contributed by atoms with van der Waals surface area (Å²) in [7, 11) is 1.76. The standard InChI is InChI=1S/C28H34N6O3S/c1-6-14-30-26(36)23(16-29)28-33(7-2)27(37)24(38-28)17-31-21-12-9-13-22(15-21)32(5)25(35)18-34-19(3)10-8-11-20(34)4/h1,9,12-13,15,17,19-20,31H,7-8,10-11,14,18H2,2-5H3,(H,30,36)/b24-17+,28-23-. The van der Waals surface area contributed by atoms with Crippen LogP contribution in [-0.2, 0) is 16.1 Å². The van der Waals surface area contributed by atoms with Gasteiger partial charge in [0, 0.05) is 43.3 Å². The number of terminal acetylenes is 1. The highest BCUT2D eigenvalue weighted by atomic mass is 32.1. The second-order valence-corrected chi connectivity index (χ2v) is 10.3. The summed E-state index contributed by atoms with van der Waals surface area (Å²) in [6.07, 6.45) is 10.1. The molecule has 0 bridgehead atoms. The number of rotatable bonds is 8. The Bertz CT molecular complexity index is 1430. The number of aromatic nitrogens is 1. The molecule has 2 amide bonds. The van der Waals surface area contributed by atoms with Gasteiger partial charge in [-0.05, 0) is 51.8 Å². The van der Waals surface area contributed by atoms with Crippen LogP contribution in [0.1, 0.15) is 40.0 Å². The highest BCUT2D eigenvalue weighted by Crippen LogP contribution is 2.23. The quantitative estimate of drug-likeness (QED) is 0.496. The third-order valence-corrected chi connectivity index (χ3v) is 7.93. The van der Waals surface area contributed by atoms with Gasteiger partial charge < -0.3 is 15.5 Å². The zero-order valence-corrected chi connectivity index (χ0v) is 23.1. The average molecular weight is 535 g/mol. The Morgan fingerprint density at radius 2 is 2.00 bits per heavy atom. The molecule has 2 heterocycles. The predicted octanol–water partition coefficient (Wildman–Crippen LogP) is 1.43. The first-order chi connectivity index (χ1) is 18.2. The number of nitrogens with zero attached hydrogens (tertiary/aromatic N) is 4. The van der Waals surface area contributed by atoms with Crippen LogP contribution in [0.3, 0.4) is 0 Å². The lowest BCUT2D eigenvalue weighted by atomic mass is 9.97. The van der Waals surface area contributed by atoms with Gasteiger partial charge in [-0.1, -0.05) is 18.4 Å². The smallest absolute Gasteiger partial charge is 0.270 e. The molecule has 1 fully saturated rings. The number of thiazole rings is 1. The summed E-state index contributed by atoms with van der Waals surface area (Å²) in [5.41, 5.74) is 0.943. The van der Waals surface area contributed by atoms with Crippen LogP contribution in [0.15, 0.2) is 29.1 Å². The third kappa shape index (κ3) is 6.52. The van der Waals surface area contributed by atoms with Gasteiger partial charge in [0.1, 0.15) is 15.3 Å². The van der Waals surface area contributed by atoms with E-state index in [0.717, 1.165) is 29.9 Å². The normalized spacial score (nSPS) is 18.7. The van der Waals surface area contributed by atoms with E-state index in [1.165, 1.54) is 11.0 Å². The van der Waals surface area contributed by atoms with E-state index in [9.17, 15) is 19.6 Å². The van der Waals surface area contributed by atoms with Gasteiger partial charge in [0.25, 0.3) is 11.5 Å². The first-order valence-corrected chi connectivity index (χ1v) is 13.5. The van der Waals surface area contributed by atoms with Crippen molar-refractivity contribution in [2.24, 2.45) is 0 Å². The van der Waals surface area contributed by atoms with Crippen molar-refractivity contribution in [3.8, 4) is 18.4 Å². The number of carbonyl (C=O) groups is 2. The summed E-state index contributed by atoms with van der Waals surface area (Å²) >= 11 is 1.05. The second kappa shape index (κ2) is 13.1. The summed E-state index contributed by atoms with van der Waals surface area (Å²) in [6.45, 7) is 6.76. The summed E-state index contributed by atoms with van der Waals surface area (Å²) in [5.74, 6) is 1.69. The molecule has 9 nitrogen and oxygen atoms in total. The summed E-state index contributed by atoms with van der Waals surface area (Å²) in [5, 5.41) is 15.2. The number of nitriles is 1. The maximum atomic E-state index is 13.1. The molecule has 2 unspecified atom stereocenters. The summed E-state index contributed by atoms with van der Waals surface area (Å²) in [6, 6.07) is 10.0. The molecule has 2 aromatic rings. The Balaban J connectivity index is 1.85. The largest absolute Gasteiger partial charge is 0.360 e. The number of likely N-dealkylation sites (tertiary alicyclic amines) is 1. The minimum atomic E-state index is -0.623. The summed E-state index contributed by atoms with van der Waals surface area (Å²) in [4.78, 5) is 42.3. The first kappa shape index (κ1) is 28.7. The Morgan fingerprint density at radius 3 is 2.63 bits per heavy atom. The van der Waals surface area contributed by atoms with Gasteiger partial charge in [0.2, 0.25) is 5.91 Å². The molecule has 200 valence electrons. The molecule has 0 saturated carbocycles. The van der Waals surface area contributed by atoms with E-state index in [2.05, 4.69) is 35.3 Å². The average Bonchev–Trinajstić information content (AvgIpc) is 3.22. The molecular formula is C28H34N6O3S. The molecule has 1 aliphatic rings. The van der Waals surface area contributed by atoms with Gasteiger partial charge in [-0.3, -0.25) is 23.9 Å². The predicted molar refractivity (Wildman–Crippen MR) is 152 cm³/mol. The van der Waals surface area contributed by atoms with Gasteiger partial charge >= 0.3 is 0 Å². The van der Waals surface area contributed by atoms with Crippen molar-refractivity contribution in [2.75, 3.05) is 30.4 Å². The SMILES string of the molecule is C#CCNC(=O)/C(C#N)=c1\s/c(=C/Nc2cccc(N(C)C(=O)CN3C(C)CCCC3C)c2)c(=O)n1CC. The molecular weight excluding hydrogens is 500 g/mol. The number of hydrogen-bond donors (Lipinski definition) is 2. The molecule has 2 N–H and O–H groups in total. The monoisotopic (exact) mass is 534 g/mol. The Morgan fingerprint density at radius 1 is 1.29 bits per heavy atom. The van der Waals surface area contributed by atoms with Crippen molar-refractivity contribution in [3.05, 3.63) is 43.8 Å². The molecule has 1 saturated heterocycles. The van der Waals surface area contributed by atoms with E-state index >= 15 is 0 Å². The number of piperidine rings is 1. The van der Waals surface area contributed by atoms with E-state index in [-0.39, 0.29) is 28.2 Å². The number of benzene rings is 1. The molecule has 38 heavy (non-hydrogen) atoms. The summed E-state index contributed by atoms with van der Waals surface area (Å²) < 4.78 is 1.99. The van der Waals surface area contributed by atoms with E-state index in [0.29, 0.717) is 35.4 Å². The zero-order valence-electron chi connectivity index (χ0n) is 22.3. The van der Waals surface area contributed by atoms with Crippen LogP contribution in [0.4, 0.5) is 11.4 Å². The first-order valence-electron chi connectivity index (χ1n) is 12.7. The molecule has 1 aliphatic heterocycles. The second-order valence-electron chi connectivity index (χ2n) is 9.29. The van der Waals surface area contributed by atoms with Gasteiger partial charge in [-0.25, -0.2) is 0 Å². The van der Waals surface area contributed by atoms with Crippen molar-refractivity contribution < 1.29 is 9.59 Å². The lowest BCUT2D eigenvalue weighted by Gasteiger charge is -2.39. The topological polar surface area (TPSA) is 110 Å². The molecule has 3 rings (SSSR count). The number of amides is 2. The van der Waals surface area contributed by atoms with Crippen molar-refractivity contribution in [2.45, 2.75) is 58.7 Å². The Labute approximate surface area is 227 Å². The van der Waals surface area contributed by atoms with Crippen LogP contribution in [0.2, 0.25) is 0 Å². The van der Waals surface area contributed by atoms with Gasteiger partial charge in [0.05, 0.1) is 13.1 Å². The lowest BCUT2D eigenvalue weighted by molar-refractivity contribution is -0.121. The molecule has 10 heteroatoms. The fourth-order valence-electron chi connectivity index (χ4n) is 4.55. The van der Waals surface area contributed by atoms with Crippen molar-refractivity contribution >= 4 is 46.3 Å². The molecule has 1 aromatic carbocycles. The van der Waals surface area contributed by atoms with Gasteiger partial charge in [-0.2, -0.15) is 5.26 Å². The minimum absolute atomic E-state index is 0.0168. The fourth-order valence-corrected chi connectivity index (χ4v) is 5.64. The molecule has 1 aromatic heterocycles. The van der Waals surface area contributed by atoms with Gasteiger partial charge in [-0.15, -0.1) is 17.8 Å². The highest BCUT2D eigenvalue weighted by molar-refractivity contribution is 7.07. The molecule has 0 spiro atoms. The van der Waals surface area contributed by atoms with E-state index in [4.69, 9.17) is 6.42 Å². The number of carbonyl (C=O) groups excluding carboxylic acids is 2. The van der Waals surface area contributed by atoms with Gasteiger partial charge in [0.15, 0.2) is 5.57 Å². The van der Waals surface area contributed by atoms with Crippen LogP contribution in [0.25, 0.3) is 11.8 Å². The van der Waals surface area contributed by atoms with Crippen molar-refractivity contribution in [3.63, 3.8) is 0 Å². The molecule has 0 aliphatic carbocycles. The van der Waals surface area contributed by atoms with Crippen LogP contribution in [0, 0.1) is 23.7 Å². The fraction of sp³-hybridized carbons (Fsp3) is 0.429. The molecule has 0 radical (unpaired) electrons. The minimum Gasteiger partial charge on any atom is -0.360 e.